The zero-order valence-electron chi connectivity index (χ0n) is 12.3. The van der Waals surface area contributed by atoms with Crippen LogP contribution in [-0.2, 0) is 11.2 Å². The third-order valence-electron chi connectivity index (χ3n) is 4.26. The summed E-state index contributed by atoms with van der Waals surface area (Å²) in [5, 5.41) is 13.8. The van der Waals surface area contributed by atoms with Gasteiger partial charge < -0.3 is 15.2 Å². The van der Waals surface area contributed by atoms with E-state index in [0.29, 0.717) is 19.2 Å². The molecule has 0 heterocycles. The predicted molar refractivity (Wildman–Crippen MR) is 79.7 cm³/mol. The first kappa shape index (κ1) is 14.1. The predicted octanol–water partition coefficient (Wildman–Crippen LogP) is 2.58. The summed E-state index contributed by atoms with van der Waals surface area (Å²) in [5.74, 6) is 0. The molecule has 0 saturated heterocycles. The van der Waals surface area contributed by atoms with Crippen LogP contribution in [0, 0.1) is 0 Å². The van der Waals surface area contributed by atoms with E-state index >= 15 is 0 Å². The van der Waals surface area contributed by atoms with Gasteiger partial charge in [-0.05, 0) is 50.2 Å². The Morgan fingerprint density at radius 3 is 2.90 bits per heavy atom. The summed E-state index contributed by atoms with van der Waals surface area (Å²) in [4.78, 5) is 0. The van der Waals surface area contributed by atoms with E-state index in [9.17, 15) is 5.11 Å². The van der Waals surface area contributed by atoms with Crippen LogP contribution in [0.1, 0.15) is 49.8 Å². The first-order chi connectivity index (χ1) is 9.64. The molecule has 20 heavy (non-hydrogen) atoms. The second kappa shape index (κ2) is 5.84. The first-order valence-corrected chi connectivity index (χ1v) is 7.79. The SMILES string of the molecule is CC(O)(CNC1CC1)COC1CCCc2ccccc21. The van der Waals surface area contributed by atoms with Gasteiger partial charge in [-0.2, -0.15) is 0 Å². The molecule has 1 aromatic rings. The third kappa shape index (κ3) is 3.60. The molecule has 2 N–H and O–H groups in total. The van der Waals surface area contributed by atoms with Crippen molar-refractivity contribution in [1.82, 2.24) is 5.32 Å². The molecule has 3 rings (SSSR count). The maximum atomic E-state index is 10.4. The maximum absolute atomic E-state index is 10.4. The summed E-state index contributed by atoms with van der Waals surface area (Å²) in [5.41, 5.74) is 1.93. The first-order valence-electron chi connectivity index (χ1n) is 7.79. The topological polar surface area (TPSA) is 41.5 Å². The van der Waals surface area contributed by atoms with Gasteiger partial charge in [-0.15, -0.1) is 0 Å². The quantitative estimate of drug-likeness (QED) is 0.838. The normalized spacial score (nSPS) is 25.0. The molecule has 2 aliphatic rings. The Bertz CT molecular complexity index is 454. The average molecular weight is 275 g/mol. The van der Waals surface area contributed by atoms with Crippen LogP contribution in [-0.4, -0.2) is 29.9 Å². The number of nitrogens with one attached hydrogen (secondary N) is 1. The van der Waals surface area contributed by atoms with E-state index in [1.165, 1.54) is 30.4 Å². The van der Waals surface area contributed by atoms with Gasteiger partial charge in [0.1, 0.15) is 0 Å². The Labute approximate surface area is 121 Å². The van der Waals surface area contributed by atoms with Gasteiger partial charge in [-0.1, -0.05) is 24.3 Å². The number of hydrogen-bond donors (Lipinski definition) is 2. The fraction of sp³-hybridized carbons (Fsp3) is 0.647. The number of fused-ring (bicyclic) bond motifs is 1. The molecule has 3 heteroatoms. The number of rotatable bonds is 6. The second-order valence-electron chi connectivity index (χ2n) is 6.54. The van der Waals surface area contributed by atoms with E-state index in [1.54, 1.807) is 0 Å². The van der Waals surface area contributed by atoms with E-state index in [1.807, 2.05) is 6.92 Å². The molecule has 0 spiro atoms. The van der Waals surface area contributed by atoms with Gasteiger partial charge >= 0.3 is 0 Å². The fourth-order valence-corrected chi connectivity index (χ4v) is 2.87. The number of benzene rings is 1. The van der Waals surface area contributed by atoms with Gasteiger partial charge in [0, 0.05) is 12.6 Å². The number of aryl methyl sites for hydroxylation is 1. The van der Waals surface area contributed by atoms with Crippen LogP contribution in [0.15, 0.2) is 24.3 Å². The van der Waals surface area contributed by atoms with Crippen molar-refractivity contribution in [3.05, 3.63) is 35.4 Å². The lowest BCUT2D eigenvalue weighted by molar-refractivity contribution is -0.0671. The minimum absolute atomic E-state index is 0.146. The molecule has 3 nitrogen and oxygen atoms in total. The third-order valence-corrected chi connectivity index (χ3v) is 4.26. The highest BCUT2D eigenvalue weighted by Crippen LogP contribution is 2.32. The van der Waals surface area contributed by atoms with Crippen LogP contribution in [0.4, 0.5) is 0 Å². The molecule has 110 valence electrons. The number of ether oxygens (including phenoxy) is 1. The lowest BCUT2D eigenvalue weighted by Crippen LogP contribution is -2.43. The van der Waals surface area contributed by atoms with Crippen LogP contribution < -0.4 is 5.32 Å². The highest BCUT2D eigenvalue weighted by atomic mass is 16.5. The Balaban J connectivity index is 1.55. The average Bonchev–Trinajstić information content (AvgIpc) is 3.27. The van der Waals surface area contributed by atoms with E-state index < -0.39 is 5.60 Å². The van der Waals surface area contributed by atoms with Gasteiger partial charge in [0.25, 0.3) is 0 Å². The maximum Gasteiger partial charge on any atom is 0.0976 e. The molecule has 0 bridgehead atoms. The minimum Gasteiger partial charge on any atom is -0.386 e. The number of hydrogen-bond acceptors (Lipinski definition) is 3. The molecule has 1 aromatic carbocycles. The Morgan fingerprint density at radius 1 is 1.30 bits per heavy atom. The van der Waals surface area contributed by atoms with Crippen molar-refractivity contribution in [3.63, 3.8) is 0 Å². The summed E-state index contributed by atoms with van der Waals surface area (Å²) >= 11 is 0. The van der Waals surface area contributed by atoms with Crippen molar-refractivity contribution in [2.24, 2.45) is 0 Å². The van der Waals surface area contributed by atoms with Gasteiger partial charge in [-0.3, -0.25) is 0 Å². The summed E-state index contributed by atoms with van der Waals surface area (Å²) in [7, 11) is 0. The van der Waals surface area contributed by atoms with Gasteiger partial charge in [0.2, 0.25) is 0 Å². The molecule has 0 amide bonds. The van der Waals surface area contributed by atoms with Crippen LogP contribution in [0.5, 0.6) is 0 Å². The molecule has 0 aliphatic heterocycles. The lowest BCUT2D eigenvalue weighted by atomic mass is 9.89. The summed E-state index contributed by atoms with van der Waals surface area (Å²) < 4.78 is 6.04. The zero-order valence-corrected chi connectivity index (χ0v) is 12.3. The lowest BCUT2D eigenvalue weighted by Gasteiger charge is -2.30. The van der Waals surface area contributed by atoms with Crippen molar-refractivity contribution in [1.29, 1.82) is 0 Å². The van der Waals surface area contributed by atoms with Gasteiger partial charge in [0.05, 0.1) is 18.3 Å². The van der Waals surface area contributed by atoms with Crippen molar-refractivity contribution in [3.8, 4) is 0 Å². The molecule has 0 aromatic heterocycles. The fourth-order valence-electron chi connectivity index (χ4n) is 2.87. The van der Waals surface area contributed by atoms with Gasteiger partial charge in [-0.25, -0.2) is 0 Å². The van der Waals surface area contributed by atoms with Gasteiger partial charge in [0.15, 0.2) is 0 Å². The highest BCUT2D eigenvalue weighted by molar-refractivity contribution is 5.31. The second-order valence-corrected chi connectivity index (χ2v) is 6.54. The molecule has 1 saturated carbocycles. The molecule has 2 atom stereocenters. The Hall–Kier alpha value is -0.900. The summed E-state index contributed by atoms with van der Waals surface area (Å²) in [6.07, 6.45) is 6.01. The van der Waals surface area contributed by atoms with Crippen molar-refractivity contribution in [2.75, 3.05) is 13.2 Å². The van der Waals surface area contributed by atoms with Crippen molar-refractivity contribution >= 4 is 0 Å². The standard InChI is InChI=1S/C17H25NO2/c1-17(19,11-18-14-9-10-14)12-20-16-8-4-6-13-5-2-3-7-15(13)16/h2-3,5,7,14,16,18-19H,4,6,8-12H2,1H3. The van der Waals surface area contributed by atoms with E-state index in [2.05, 4.69) is 29.6 Å². The molecule has 1 fully saturated rings. The van der Waals surface area contributed by atoms with E-state index in [0.717, 1.165) is 12.8 Å². The minimum atomic E-state index is -0.783. The molecular formula is C17H25NO2. The molecule has 2 unspecified atom stereocenters. The Morgan fingerprint density at radius 2 is 2.10 bits per heavy atom. The molecule has 0 radical (unpaired) electrons. The molecular weight excluding hydrogens is 250 g/mol. The van der Waals surface area contributed by atoms with Crippen LogP contribution in [0.25, 0.3) is 0 Å². The highest BCUT2D eigenvalue weighted by Gasteiger charge is 2.29. The van der Waals surface area contributed by atoms with Crippen molar-refractivity contribution in [2.45, 2.75) is 56.8 Å². The van der Waals surface area contributed by atoms with Crippen LogP contribution in [0.3, 0.4) is 0 Å². The smallest absolute Gasteiger partial charge is 0.0976 e. The van der Waals surface area contributed by atoms with Crippen LogP contribution in [0.2, 0.25) is 0 Å². The van der Waals surface area contributed by atoms with E-state index in [-0.39, 0.29) is 6.10 Å². The monoisotopic (exact) mass is 275 g/mol. The Kier molecular flexibility index (Phi) is 4.11. The zero-order chi connectivity index (χ0) is 14.0. The van der Waals surface area contributed by atoms with Crippen LogP contribution >= 0.6 is 0 Å². The summed E-state index contributed by atoms with van der Waals surface area (Å²) in [6, 6.07) is 9.15. The van der Waals surface area contributed by atoms with Crippen molar-refractivity contribution < 1.29 is 9.84 Å². The summed E-state index contributed by atoms with van der Waals surface area (Å²) in [6.45, 7) is 2.87. The van der Waals surface area contributed by atoms with E-state index in [4.69, 9.17) is 4.74 Å². The molecule has 2 aliphatic carbocycles. The largest absolute Gasteiger partial charge is 0.386 e. The number of aliphatic hydroxyl groups is 1.